The van der Waals surface area contributed by atoms with Gasteiger partial charge in [-0.15, -0.1) is 0 Å². The SMILES string of the molecule is CCC[NH+]1C/C(=C/c2ccccc2)C(=O)/C(=C/c2ccccc2)C1. The molecule has 0 amide bonds. The topological polar surface area (TPSA) is 21.5 Å². The van der Waals surface area contributed by atoms with Gasteiger partial charge in [0.25, 0.3) is 0 Å². The van der Waals surface area contributed by atoms with Crippen LogP contribution in [0.2, 0.25) is 0 Å². The highest BCUT2D eigenvalue weighted by atomic mass is 16.1. The molecule has 1 N–H and O–H groups in total. The Labute approximate surface area is 144 Å². The average Bonchev–Trinajstić information content (AvgIpc) is 2.61. The van der Waals surface area contributed by atoms with Gasteiger partial charge in [0, 0.05) is 0 Å². The molecule has 122 valence electrons. The fourth-order valence-electron chi connectivity index (χ4n) is 3.23. The zero-order chi connectivity index (χ0) is 16.8. The zero-order valence-corrected chi connectivity index (χ0v) is 14.2. The predicted molar refractivity (Wildman–Crippen MR) is 99.7 cm³/mol. The van der Waals surface area contributed by atoms with E-state index >= 15 is 0 Å². The minimum Gasteiger partial charge on any atom is -0.327 e. The molecule has 1 fully saturated rings. The number of carbonyl (C=O) groups excluding carboxylic acids is 1. The van der Waals surface area contributed by atoms with Crippen molar-refractivity contribution in [2.24, 2.45) is 0 Å². The van der Waals surface area contributed by atoms with Crippen LogP contribution in [0.5, 0.6) is 0 Å². The van der Waals surface area contributed by atoms with Gasteiger partial charge in [-0.05, 0) is 29.7 Å². The molecule has 24 heavy (non-hydrogen) atoms. The molecule has 2 aromatic carbocycles. The van der Waals surface area contributed by atoms with Gasteiger partial charge >= 0.3 is 0 Å². The lowest BCUT2D eigenvalue weighted by Crippen LogP contribution is -3.13. The maximum Gasteiger partial charge on any atom is 0.196 e. The second-order valence-corrected chi connectivity index (χ2v) is 6.34. The van der Waals surface area contributed by atoms with Crippen molar-refractivity contribution in [1.29, 1.82) is 0 Å². The van der Waals surface area contributed by atoms with Gasteiger partial charge in [-0.25, -0.2) is 0 Å². The normalized spacial score (nSPS) is 21.4. The standard InChI is InChI=1S/C22H23NO/c1-2-13-23-16-20(14-18-9-5-3-6-10-18)22(24)21(17-23)15-19-11-7-4-8-12-19/h3-12,14-15H,2,13,16-17H2,1H3/p+1/b20-14-,21-15+. The number of nitrogens with one attached hydrogen (secondary N) is 1. The Morgan fingerprint density at radius 2 is 1.29 bits per heavy atom. The molecule has 1 heterocycles. The van der Waals surface area contributed by atoms with Gasteiger partial charge in [-0.1, -0.05) is 67.6 Å². The lowest BCUT2D eigenvalue weighted by molar-refractivity contribution is -0.891. The molecule has 0 saturated carbocycles. The van der Waals surface area contributed by atoms with Crippen molar-refractivity contribution < 1.29 is 9.69 Å². The van der Waals surface area contributed by atoms with Crippen molar-refractivity contribution in [3.8, 4) is 0 Å². The van der Waals surface area contributed by atoms with E-state index in [1.54, 1.807) is 0 Å². The summed E-state index contributed by atoms with van der Waals surface area (Å²) in [6.45, 7) is 4.91. The lowest BCUT2D eigenvalue weighted by Gasteiger charge is -2.26. The number of rotatable bonds is 4. The zero-order valence-electron chi connectivity index (χ0n) is 14.2. The molecule has 1 unspecified atom stereocenters. The third-order valence-corrected chi connectivity index (χ3v) is 4.35. The molecule has 3 rings (SSSR count). The van der Waals surface area contributed by atoms with Crippen LogP contribution in [0.1, 0.15) is 24.5 Å². The van der Waals surface area contributed by atoms with Gasteiger partial charge in [-0.3, -0.25) is 4.79 Å². The average molecular weight is 318 g/mol. The number of carbonyl (C=O) groups is 1. The van der Waals surface area contributed by atoms with Crippen molar-refractivity contribution >= 4 is 17.9 Å². The molecule has 1 aliphatic heterocycles. The predicted octanol–water partition coefficient (Wildman–Crippen LogP) is 3.03. The quantitative estimate of drug-likeness (QED) is 0.860. The lowest BCUT2D eigenvalue weighted by atomic mass is 9.94. The molecule has 1 saturated heterocycles. The van der Waals surface area contributed by atoms with Gasteiger partial charge in [-0.2, -0.15) is 0 Å². The summed E-state index contributed by atoms with van der Waals surface area (Å²) in [7, 11) is 0. The van der Waals surface area contributed by atoms with Crippen LogP contribution in [0.3, 0.4) is 0 Å². The van der Waals surface area contributed by atoms with Crippen molar-refractivity contribution in [3.63, 3.8) is 0 Å². The largest absolute Gasteiger partial charge is 0.327 e. The third-order valence-electron chi connectivity index (χ3n) is 4.35. The van der Waals surface area contributed by atoms with E-state index in [4.69, 9.17) is 0 Å². The van der Waals surface area contributed by atoms with Crippen LogP contribution in [0.15, 0.2) is 71.8 Å². The molecular formula is C22H24NO+. The van der Waals surface area contributed by atoms with E-state index in [1.807, 2.05) is 36.4 Å². The molecule has 2 aromatic rings. The monoisotopic (exact) mass is 318 g/mol. The van der Waals surface area contributed by atoms with E-state index in [-0.39, 0.29) is 5.78 Å². The molecule has 1 atom stereocenters. The van der Waals surface area contributed by atoms with Crippen LogP contribution in [0.25, 0.3) is 12.2 Å². The molecule has 2 heteroatoms. The molecule has 0 bridgehead atoms. The highest BCUT2D eigenvalue weighted by molar-refractivity contribution is 6.14. The van der Waals surface area contributed by atoms with Crippen LogP contribution in [0.4, 0.5) is 0 Å². The summed E-state index contributed by atoms with van der Waals surface area (Å²) in [6.07, 6.45) is 5.23. The first-order valence-corrected chi connectivity index (χ1v) is 8.66. The van der Waals surface area contributed by atoms with E-state index in [9.17, 15) is 4.79 Å². The van der Waals surface area contributed by atoms with E-state index in [0.717, 1.165) is 48.3 Å². The van der Waals surface area contributed by atoms with Crippen LogP contribution in [0, 0.1) is 0 Å². The number of hydrogen-bond donors (Lipinski definition) is 1. The van der Waals surface area contributed by atoms with Crippen LogP contribution >= 0.6 is 0 Å². The third kappa shape index (κ3) is 4.09. The Morgan fingerprint density at radius 3 is 1.71 bits per heavy atom. The number of quaternary nitrogens is 1. The first-order chi connectivity index (χ1) is 11.8. The van der Waals surface area contributed by atoms with Crippen LogP contribution in [-0.2, 0) is 4.79 Å². The maximum atomic E-state index is 12.9. The first kappa shape index (κ1) is 16.4. The smallest absolute Gasteiger partial charge is 0.196 e. The van der Waals surface area contributed by atoms with Gasteiger partial charge in [0.2, 0.25) is 0 Å². The Kier molecular flexibility index (Phi) is 5.39. The second kappa shape index (κ2) is 7.89. The summed E-state index contributed by atoms with van der Waals surface area (Å²) in [5.41, 5.74) is 4.02. The van der Waals surface area contributed by atoms with E-state index < -0.39 is 0 Å². The number of piperidine rings is 1. The Morgan fingerprint density at radius 1 is 0.833 bits per heavy atom. The molecule has 2 nitrogen and oxygen atoms in total. The second-order valence-electron chi connectivity index (χ2n) is 6.34. The minimum atomic E-state index is 0.197. The minimum absolute atomic E-state index is 0.197. The first-order valence-electron chi connectivity index (χ1n) is 8.66. The van der Waals surface area contributed by atoms with Gasteiger partial charge in [0.15, 0.2) is 5.78 Å². The summed E-state index contributed by atoms with van der Waals surface area (Å²) in [5, 5.41) is 0. The van der Waals surface area contributed by atoms with Crippen LogP contribution in [-0.4, -0.2) is 25.4 Å². The van der Waals surface area contributed by atoms with Gasteiger partial charge in [0.1, 0.15) is 13.1 Å². The van der Waals surface area contributed by atoms with Gasteiger partial charge < -0.3 is 4.90 Å². The van der Waals surface area contributed by atoms with E-state index in [2.05, 4.69) is 43.3 Å². The molecule has 0 aromatic heterocycles. The highest BCUT2D eigenvalue weighted by Gasteiger charge is 2.28. The maximum absolute atomic E-state index is 12.9. The summed E-state index contributed by atoms with van der Waals surface area (Å²) < 4.78 is 0. The molecule has 0 radical (unpaired) electrons. The number of ketones is 1. The molecular weight excluding hydrogens is 294 g/mol. The summed E-state index contributed by atoms with van der Waals surface area (Å²) in [6, 6.07) is 20.2. The molecule has 0 spiro atoms. The fraction of sp³-hybridized carbons (Fsp3) is 0.227. The Balaban J connectivity index is 1.93. The number of Topliss-reactive ketones (excluding diaryl/α,β-unsaturated/α-hetero) is 1. The number of likely N-dealkylation sites (tertiary alicyclic amines) is 1. The van der Waals surface area contributed by atoms with E-state index in [0.29, 0.717) is 0 Å². The molecule has 0 aliphatic carbocycles. The van der Waals surface area contributed by atoms with Crippen molar-refractivity contribution in [1.82, 2.24) is 0 Å². The van der Waals surface area contributed by atoms with Crippen molar-refractivity contribution in [2.45, 2.75) is 13.3 Å². The fourth-order valence-corrected chi connectivity index (χ4v) is 3.23. The van der Waals surface area contributed by atoms with Crippen molar-refractivity contribution in [3.05, 3.63) is 82.9 Å². The Bertz CT molecular complexity index is 683. The van der Waals surface area contributed by atoms with Crippen molar-refractivity contribution in [2.75, 3.05) is 19.6 Å². The Hall–Kier alpha value is -2.45. The summed E-state index contributed by atoms with van der Waals surface area (Å²) in [5.74, 6) is 0.197. The highest BCUT2D eigenvalue weighted by Crippen LogP contribution is 2.16. The van der Waals surface area contributed by atoms with Crippen LogP contribution < -0.4 is 4.90 Å². The number of benzene rings is 2. The number of hydrogen-bond acceptors (Lipinski definition) is 1. The summed E-state index contributed by atoms with van der Waals surface area (Å²) >= 11 is 0. The van der Waals surface area contributed by atoms with E-state index in [1.165, 1.54) is 4.90 Å². The molecule has 1 aliphatic rings. The summed E-state index contributed by atoms with van der Waals surface area (Å²) in [4.78, 5) is 14.4. The van der Waals surface area contributed by atoms with Gasteiger partial charge in [0.05, 0.1) is 17.7 Å².